The third kappa shape index (κ3) is 4.20. The fraction of sp³-hybridized carbons (Fsp3) is 0.300. The Balaban J connectivity index is 1.74. The molecule has 3 rings (SSSR count). The predicted octanol–water partition coefficient (Wildman–Crippen LogP) is 3.09. The zero-order valence-corrected chi connectivity index (χ0v) is 15.6. The van der Waals surface area contributed by atoms with Crippen LogP contribution in [0.4, 0.5) is 0 Å². The molecule has 142 valence electrons. The lowest BCUT2D eigenvalue weighted by Gasteiger charge is -2.17. The maximum absolute atomic E-state index is 12.7. The van der Waals surface area contributed by atoms with Crippen LogP contribution in [0, 0.1) is 0 Å². The Hall–Kier alpha value is -3.06. The van der Waals surface area contributed by atoms with Gasteiger partial charge in [-0.15, -0.1) is 0 Å². The first-order valence-electron chi connectivity index (χ1n) is 8.66. The molecule has 0 aliphatic heterocycles. The molecule has 1 aromatic heterocycles. The van der Waals surface area contributed by atoms with E-state index >= 15 is 0 Å². The van der Waals surface area contributed by atoms with Crippen molar-refractivity contribution in [3.8, 4) is 11.5 Å². The van der Waals surface area contributed by atoms with Gasteiger partial charge in [-0.1, -0.05) is 18.2 Å². The zero-order valence-electron chi connectivity index (χ0n) is 15.6. The Kier molecular flexibility index (Phi) is 5.93. The molecule has 7 nitrogen and oxygen atoms in total. The number of para-hydroxylation sites is 1. The topological polar surface area (TPSA) is 85.5 Å². The number of aromatic nitrogens is 2. The van der Waals surface area contributed by atoms with E-state index in [1.165, 1.54) is 0 Å². The maximum Gasteiger partial charge on any atom is 0.253 e. The van der Waals surface area contributed by atoms with Crippen LogP contribution in [0.5, 0.6) is 11.5 Å². The minimum absolute atomic E-state index is 0.170. The molecule has 0 fully saturated rings. The lowest BCUT2D eigenvalue weighted by molar-refractivity contribution is 0.0941. The van der Waals surface area contributed by atoms with E-state index in [1.807, 2.05) is 37.3 Å². The fourth-order valence-corrected chi connectivity index (χ4v) is 2.82. The van der Waals surface area contributed by atoms with Gasteiger partial charge in [0.25, 0.3) is 5.91 Å². The number of rotatable bonds is 8. The van der Waals surface area contributed by atoms with Gasteiger partial charge >= 0.3 is 0 Å². The Morgan fingerprint density at radius 2 is 2.04 bits per heavy atom. The molecular weight excluding hydrogens is 346 g/mol. The Morgan fingerprint density at radius 3 is 2.81 bits per heavy atom. The molecule has 1 amide bonds. The number of H-pyrrole nitrogens is 1. The van der Waals surface area contributed by atoms with Gasteiger partial charge in [0.1, 0.15) is 6.61 Å². The number of fused-ring (bicyclic) bond motifs is 1. The summed E-state index contributed by atoms with van der Waals surface area (Å²) in [6, 6.07) is 10.9. The molecule has 0 unspecified atom stereocenters. The average molecular weight is 369 g/mol. The van der Waals surface area contributed by atoms with Crippen molar-refractivity contribution in [2.75, 3.05) is 27.4 Å². The smallest absolute Gasteiger partial charge is 0.253 e. The molecule has 0 bridgehead atoms. The molecule has 2 aromatic carbocycles. The lowest BCUT2D eigenvalue weighted by Crippen LogP contribution is -2.26. The molecule has 0 saturated heterocycles. The fourth-order valence-electron chi connectivity index (χ4n) is 2.82. The van der Waals surface area contributed by atoms with Gasteiger partial charge in [-0.25, -0.2) is 0 Å². The highest BCUT2D eigenvalue weighted by Gasteiger charge is 2.16. The second-order valence-electron chi connectivity index (χ2n) is 6.09. The number of amides is 1. The highest BCUT2D eigenvalue weighted by molar-refractivity contribution is 6.05. The van der Waals surface area contributed by atoms with Crippen molar-refractivity contribution < 1.29 is 19.0 Å². The van der Waals surface area contributed by atoms with Crippen molar-refractivity contribution in [3.63, 3.8) is 0 Å². The van der Waals surface area contributed by atoms with Crippen LogP contribution in [0.15, 0.2) is 42.6 Å². The monoisotopic (exact) mass is 369 g/mol. The highest BCUT2D eigenvalue weighted by Crippen LogP contribution is 2.30. The number of carbonyl (C=O) groups is 1. The van der Waals surface area contributed by atoms with Crippen LogP contribution in [0.2, 0.25) is 0 Å². The first-order valence-corrected chi connectivity index (χ1v) is 8.66. The minimum Gasteiger partial charge on any atom is -0.493 e. The number of methoxy groups -OCH3 is 2. The van der Waals surface area contributed by atoms with Crippen LogP contribution >= 0.6 is 0 Å². The van der Waals surface area contributed by atoms with Gasteiger partial charge in [0.2, 0.25) is 0 Å². The van der Waals surface area contributed by atoms with E-state index in [4.69, 9.17) is 14.2 Å². The molecule has 7 heteroatoms. The number of nitrogens with zero attached hydrogens (tertiary/aromatic N) is 1. The number of hydrogen-bond acceptors (Lipinski definition) is 5. The molecule has 1 heterocycles. The summed E-state index contributed by atoms with van der Waals surface area (Å²) < 4.78 is 16.0. The van der Waals surface area contributed by atoms with Crippen LogP contribution in [0.1, 0.15) is 28.9 Å². The van der Waals surface area contributed by atoms with Gasteiger partial charge in [0.05, 0.1) is 37.0 Å². The Labute approximate surface area is 157 Å². The van der Waals surface area contributed by atoms with Crippen LogP contribution in [0.3, 0.4) is 0 Å². The average Bonchev–Trinajstić information content (AvgIpc) is 3.17. The molecule has 0 aliphatic rings. The van der Waals surface area contributed by atoms with Crippen molar-refractivity contribution >= 4 is 16.8 Å². The summed E-state index contributed by atoms with van der Waals surface area (Å²) in [6.45, 7) is 2.86. The summed E-state index contributed by atoms with van der Waals surface area (Å²) in [5.74, 6) is 1.08. The highest BCUT2D eigenvalue weighted by atomic mass is 16.5. The predicted molar refractivity (Wildman–Crippen MR) is 102 cm³/mol. The third-order valence-electron chi connectivity index (χ3n) is 4.30. The van der Waals surface area contributed by atoms with Crippen molar-refractivity contribution in [1.29, 1.82) is 0 Å². The van der Waals surface area contributed by atoms with Crippen molar-refractivity contribution in [2.45, 2.75) is 13.0 Å². The lowest BCUT2D eigenvalue weighted by atomic mass is 10.1. The summed E-state index contributed by atoms with van der Waals surface area (Å²) in [5.41, 5.74) is 2.20. The second kappa shape index (κ2) is 8.55. The molecule has 0 radical (unpaired) electrons. The molecule has 0 spiro atoms. The molecule has 0 aliphatic carbocycles. The quantitative estimate of drug-likeness (QED) is 0.596. The van der Waals surface area contributed by atoms with E-state index in [2.05, 4.69) is 15.5 Å². The molecule has 0 saturated carbocycles. The minimum atomic E-state index is -0.211. The summed E-state index contributed by atoms with van der Waals surface area (Å²) in [6.07, 6.45) is 1.70. The molecule has 1 atom stereocenters. The van der Waals surface area contributed by atoms with Crippen LogP contribution in [0.25, 0.3) is 10.9 Å². The summed E-state index contributed by atoms with van der Waals surface area (Å²) in [4.78, 5) is 12.7. The SMILES string of the molecule is COCCOc1ccc([C@@H](C)NC(=O)c2cccc3cn[nH]c23)cc1OC. The van der Waals surface area contributed by atoms with Gasteiger partial charge in [-0.2, -0.15) is 5.10 Å². The number of hydrogen-bond donors (Lipinski definition) is 2. The van der Waals surface area contributed by atoms with Crippen LogP contribution < -0.4 is 14.8 Å². The van der Waals surface area contributed by atoms with Crippen molar-refractivity contribution in [2.24, 2.45) is 0 Å². The second-order valence-corrected chi connectivity index (χ2v) is 6.09. The van der Waals surface area contributed by atoms with Gasteiger partial charge in [-0.05, 0) is 30.7 Å². The Morgan fingerprint density at radius 1 is 1.19 bits per heavy atom. The van der Waals surface area contributed by atoms with E-state index in [-0.39, 0.29) is 11.9 Å². The maximum atomic E-state index is 12.7. The van der Waals surface area contributed by atoms with Gasteiger partial charge in [0.15, 0.2) is 11.5 Å². The number of benzene rings is 2. The van der Waals surface area contributed by atoms with Crippen LogP contribution in [-0.4, -0.2) is 43.5 Å². The van der Waals surface area contributed by atoms with Gasteiger partial charge in [-0.3, -0.25) is 9.89 Å². The first kappa shape index (κ1) is 18.7. The van der Waals surface area contributed by atoms with Crippen molar-refractivity contribution in [1.82, 2.24) is 15.5 Å². The first-order chi connectivity index (χ1) is 13.1. The van der Waals surface area contributed by atoms with E-state index in [0.717, 1.165) is 16.5 Å². The van der Waals surface area contributed by atoms with Gasteiger partial charge in [0, 0.05) is 12.5 Å². The van der Waals surface area contributed by atoms with Gasteiger partial charge < -0.3 is 19.5 Å². The summed E-state index contributed by atoms with van der Waals surface area (Å²) in [5, 5.41) is 10.8. The molecular formula is C20H23N3O4. The van der Waals surface area contributed by atoms with E-state index in [1.54, 1.807) is 26.5 Å². The zero-order chi connectivity index (χ0) is 19.2. The largest absolute Gasteiger partial charge is 0.493 e. The number of carbonyl (C=O) groups excluding carboxylic acids is 1. The van der Waals surface area contributed by atoms with E-state index < -0.39 is 0 Å². The Bertz CT molecular complexity index is 922. The van der Waals surface area contributed by atoms with Crippen LogP contribution in [-0.2, 0) is 4.74 Å². The summed E-state index contributed by atoms with van der Waals surface area (Å²) in [7, 11) is 3.21. The van der Waals surface area contributed by atoms with Crippen molar-refractivity contribution in [3.05, 3.63) is 53.7 Å². The number of aromatic amines is 1. The van der Waals surface area contributed by atoms with E-state index in [9.17, 15) is 4.79 Å². The van der Waals surface area contributed by atoms with E-state index in [0.29, 0.717) is 30.3 Å². The molecule has 3 aromatic rings. The normalized spacial score (nSPS) is 12.0. The number of ether oxygens (including phenoxy) is 3. The standard InChI is InChI=1S/C20H23N3O4/c1-13(14-7-8-17(18(11-14)26-3)27-10-9-25-2)22-20(24)16-6-4-5-15-12-21-23-19(15)16/h4-8,11-13H,9-10H2,1-3H3,(H,21,23)(H,22,24)/t13-/m1/s1. The summed E-state index contributed by atoms with van der Waals surface area (Å²) >= 11 is 0. The molecule has 2 N–H and O–H groups in total. The molecule has 27 heavy (non-hydrogen) atoms. The number of nitrogens with one attached hydrogen (secondary N) is 2. The third-order valence-corrected chi connectivity index (χ3v) is 4.30.